The largest absolute Gasteiger partial charge is 0.465 e. The lowest BCUT2D eigenvalue weighted by Crippen LogP contribution is -2.59. The molecular weight excluding hydrogens is 264 g/mol. The van der Waals surface area contributed by atoms with E-state index in [1.54, 1.807) is 0 Å². The molecule has 1 unspecified atom stereocenters. The zero-order valence-corrected chi connectivity index (χ0v) is 14.7. The van der Waals surface area contributed by atoms with E-state index in [2.05, 4.69) is 37.9 Å². The van der Waals surface area contributed by atoms with E-state index in [4.69, 9.17) is 4.74 Å². The summed E-state index contributed by atoms with van der Waals surface area (Å²) in [7, 11) is 0. The molecule has 0 aromatic carbocycles. The third-order valence-corrected chi connectivity index (χ3v) is 3.61. The third-order valence-electron chi connectivity index (χ3n) is 3.61. The Morgan fingerprint density at radius 1 is 1.24 bits per heavy atom. The topological polar surface area (TPSA) is 41.6 Å². The number of esters is 1. The molecule has 1 fully saturated rings. The number of ether oxygens (including phenoxy) is 1. The fourth-order valence-corrected chi connectivity index (χ4v) is 2.82. The minimum atomic E-state index is -0.596. The summed E-state index contributed by atoms with van der Waals surface area (Å²) in [6.07, 6.45) is 2.34. The van der Waals surface area contributed by atoms with E-state index in [1.165, 1.54) is 12.8 Å². The number of hydrogen-bond acceptors (Lipinski definition) is 4. The summed E-state index contributed by atoms with van der Waals surface area (Å²) in [5, 5.41) is 3.51. The molecule has 0 spiro atoms. The fraction of sp³-hybridized carbons (Fsp3) is 0.941. The summed E-state index contributed by atoms with van der Waals surface area (Å²) in [5.74, 6) is 1.07. The van der Waals surface area contributed by atoms with Gasteiger partial charge in [0.15, 0.2) is 0 Å². The first-order valence-electron chi connectivity index (χ1n) is 8.44. The van der Waals surface area contributed by atoms with E-state index in [9.17, 15) is 4.79 Å². The molecular formula is C17H34N2O2. The Morgan fingerprint density at radius 2 is 1.76 bits per heavy atom. The van der Waals surface area contributed by atoms with Crippen LogP contribution in [0, 0.1) is 11.8 Å². The minimum absolute atomic E-state index is 0.116. The summed E-state index contributed by atoms with van der Waals surface area (Å²) in [6, 6.07) is 0.486. The molecule has 1 aliphatic carbocycles. The standard InChI is InChI=1S/C17H34N2O2/c1-7-21-16(20)17(6,18-15-8-9-15)12-19(10-13(2)3)11-14(4)5/h13-15,18H,7-12H2,1-6H3. The van der Waals surface area contributed by atoms with Gasteiger partial charge >= 0.3 is 5.97 Å². The van der Waals surface area contributed by atoms with Crippen LogP contribution in [-0.4, -0.2) is 48.7 Å². The van der Waals surface area contributed by atoms with Crippen LogP contribution in [0.25, 0.3) is 0 Å². The molecule has 0 bridgehead atoms. The number of nitrogens with one attached hydrogen (secondary N) is 1. The van der Waals surface area contributed by atoms with Gasteiger partial charge in [-0.15, -0.1) is 0 Å². The molecule has 1 atom stereocenters. The maximum absolute atomic E-state index is 12.4. The average molecular weight is 298 g/mol. The van der Waals surface area contributed by atoms with Crippen molar-refractivity contribution in [1.29, 1.82) is 0 Å². The van der Waals surface area contributed by atoms with Crippen LogP contribution < -0.4 is 5.32 Å². The average Bonchev–Trinajstić information content (AvgIpc) is 3.10. The van der Waals surface area contributed by atoms with Crippen LogP contribution in [-0.2, 0) is 9.53 Å². The van der Waals surface area contributed by atoms with Crippen LogP contribution in [0.4, 0.5) is 0 Å². The van der Waals surface area contributed by atoms with E-state index in [1.807, 2.05) is 13.8 Å². The summed E-state index contributed by atoms with van der Waals surface area (Å²) >= 11 is 0. The molecule has 4 nitrogen and oxygen atoms in total. The van der Waals surface area contributed by atoms with Gasteiger partial charge in [0.1, 0.15) is 5.54 Å². The Bertz CT molecular complexity index is 317. The van der Waals surface area contributed by atoms with Gasteiger partial charge < -0.3 is 9.64 Å². The van der Waals surface area contributed by atoms with Gasteiger partial charge in [-0.25, -0.2) is 0 Å². The highest BCUT2D eigenvalue weighted by atomic mass is 16.5. The second-order valence-corrected chi connectivity index (χ2v) is 7.45. The van der Waals surface area contributed by atoms with E-state index >= 15 is 0 Å². The van der Waals surface area contributed by atoms with Gasteiger partial charge in [-0.05, 0) is 38.5 Å². The molecule has 0 heterocycles. The van der Waals surface area contributed by atoms with Crippen LogP contribution in [0.15, 0.2) is 0 Å². The fourth-order valence-electron chi connectivity index (χ4n) is 2.82. The smallest absolute Gasteiger partial charge is 0.327 e. The normalized spacial score (nSPS) is 18.3. The zero-order valence-electron chi connectivity index (χ0n) is 14.7. The first-order chi connectivity index (χ1) is 9.76. The van der Waals surface area contributed by atoms with Gasteiger partial charge in [0, 0.05) is 25.7 Å². The maximum Gasteiger partial charge on any atom is 0.327 e. The van der Waals surface area contributed by atoms with Crippen LogP contribution in [0.3, 0.4) is 0 Å². The highest BCUT2D eigenvalue weighted by molar-refractivity contribution is 5.80. The van der Waals surface area contributed by atoms with Crippen LogP contribution >= 0.6 is 0 Å². The molecule has 4 heteroatoms. The third kappa shape index (κ3) is 6.79. The lowest BCUT2D eigenvalue weighted by Gasteiger charge is -2.36. The monoisotopic (exact) mass is 298 g/mol. The van der Waals surface area contributed by atoms with Crippen LogP contribution in [0.1, 0.15) is 54.4 Å². The van der Waals surface area contributed by atoms with Crippen molar-refractivity contribution in [2.24, 2.45) is 11.8 Å². The molecule has 21 heavy (non-hydrogen) atoms. The van der Waals surface area contributed by atoms with Crippen molar-refractivity contribution in [3.8, 4) is 0 Å². The van der Waals surface area contributed by atoms with Gasteiger partial charge in [-0.3, -0.25) is 10.1 Å². The number of carbonyl (C=O) groups is 1. The molecule has 0 aromatic heterocycles. The molecule has 1 rings (SSSR count). The molecule has 0 aliphatic heterocycles. The van der Waals surface area contributed by atoms with Crippen molar-refractivity contribution >= 4 is 5.97 Å². The van der Waals surface area contributed by atoms with E-state index in [0.717, 1.165) is 19.6 Å². The van der Waals surface area contributed by atoms with Crippen molar-refractivity contribution in [3.63, 3.8) is 0 Å². The van der Waals surface area contributed by atoms with Crippen molar-refractivity contribution < 1.29 is 9.53 Å². The number of rotatable bonds is 10. The molecule has 0 aromatic rings. The number of carbonyl (C=O) groups excluding carboxylic acids is 1. The highest BCUT2D eigenvalue weighted by Gasteiger charge is 2.41. The maximum atomic E-state index is 12.4. The Balaban J connectivity index is 2.76. The molecule has 1 N–H and O–H groups in total. The SMILES string of the molecule is CCOC(=O)C(C)(CN(CC(C)C)CC(C)C)NC1CC1. The Hall–Kier alpha value is -0.610. The minimum Gasteiger partial charge on any atom is -0.465 e. The summed E-state index contributed by atoms with van der Waals surface area (Å²) in [4.78, 5) is 14.8. The van der Waals surface area contributed by atoms with Crippen molar-refractivity contribution in [2.75, 3.05) is 26.2 Å². The summed E-state index contributed by atoms with van der Waals surface area (Å²) in [5.41, 5.74) is -0.596. The van der Waals surface area contributed by atoms with Gasteiger partial charge in [0.05, 0.1) is 6.61 Å². The summed E-state index contributed by atoms with van der Waals surface area (Å²) < 4.78 is 5.32. The lowest BCUT2D eigenvalue weighted by atomic mass is 9.99. The number of nitrogens with zero attached hydrogens (tertiary/aromatic N) is 1. The van der Waals surface area contributed by atoms with Crippen LogP contribution in [0.2, 0.25) is 0 Å². The van der Waals surface area contributed by atoms with Crippen molar-refractivity contribution in [3.05, 3.63) is 0 Å². The quantitative estimate of drug-likeness (QED) is 0.630. The lowest BCUT2D eigenvalue weighted by molar-refractivity contribution is -0.151. The van der Waals surface area contributed by atoms with E-state index < -0.39 is 5.54 Å². The first-order valence-corrected chi connectivity index (χ1v) is 8.44. The molecule has 1 aliphatic rings. The Morgan fingerprint density at radius 3 is 2.14 bits per heavy atom. The van der Waals surface area contributed by atoms with E-state index in [0.29, 0.717) is 24.5 Å². The number of hydrogen-bond donors (Lipinski definition) is 1. The molecule has 0 radical (unpaired) electrons. The van der Waals surface area contributed by atoms with Gasteiger partial charge in [0.25, 0.3) is 0 Å². The van der Waals surface area contributed by atoms with Crippen molar-refractivity contribution in [2.45, 2.75) is 66.0 Å². The molecule has 1 saturated carbocycles. The second-order valence-electron chi connectivity index (χ2n) is 7.45. The molecule has 124 valence electrons. The second kappa shape index (κ2) is 8.14. The van der Waals surface area contributed by atoms with Gasteiger partial charge in [-0.1, -0.05) is 27.7 Å². The van der Waals surface area contributed by atoms with E-state index in [-0.39, 0.29) is 5.97 Å². The van der Waals surface area contributed by atoms with Gasteiger partial charge in [0.2, 0.25) is 0 Å². The summed E-state index contributed by atoms with van der Waals surface area (Å²) in [6.45, 7) is 16.0. The molecule has 0 amide bonds. The Labute approximate surface area is 130 Å². The predicted octanol–water partition coefficient (Wildman–Crippen LogP) is 2.67. The Kier molecular flexibility index (Phi) is 7.14. The predicted molar refractivity (Wildman–Crippen MR) is 87.3 cm³/mol. The molecule has 0 saturated heterocycles. The van der Waals surface area contributed by atoms with Crippen LogP contribution in [0.5, 0.6) is 0 Å². The highest BCUT2D eigenvalue weighted by Crippen LogP contribution is 2.24. The first kappa shape index (κ1) is 18.4. The van der Waals surface area contributed by atoms with Crippen molar-refractivity contribution in [1.82, 2.24) is 10.2 Å². The van der Waals surface area contributed by atoms with Gasteiger partial charge in [-0.2, -0.15) is 0 Å². The zero-order chi connectivity index (χ0) is 16.0.